The maximum Gasteiger partial charge on any atom is 0.123 e. The molecule has 2 aromatic carbocycles. The van der Waals surface area contributed by atoms with E-state index in [2.05, 4.69) is 0 Å². The van der Waals surface area contributed by atoms with Crippen molar-refractivity contribution in [3.8, 4) is 0 Å². The molecule has 0 aromatic heterocycles. The molecule has 2 aromatic rings. The Morgan fingerprint density at radius 2 is 1.95 bits per heavy atom. The Kier molecular flexibility index (Phi) is 5.12. The van der Waals surface area contributed by atoms with Gasteiger partial charge in [-0.2, -0.15) is 0 Å². The van der Waals surface area contributed by atoms with Gasteiger partial charge in [0.05, 0.1) is 12.7 Å². The number of nitrogens with two attached hydrogens (primary N) is 1. The Morgan fingerprint density at radius 3 is 2.60 bits per heavy atom. The molecule has 0 aliphatic heterocycles. The molecule has 2 nitrogen and oxygen atoms in total. The summed E-state index contributed by atoms with van der Waals surface area (Å²) in [6, 6.07) is 13.5. The summed E-state index contributed by atoms with van der Waals surface area (Å²) in [6.07, 6.45) is -0.373. The zero-order chi connectivity index (χ0) is 14.5. The Hall–Kier alpha value is -1.42. The summed E-state index contributed by atoms with van der Waals surface area (Å²) in [4.78, 5) is 0. The molecular formula is C16H17ClFNO. The summed E-state index contributed by atoms with van der Waals surface area (Å²) < 4.78 is 19.1. The first-order valence-electron chi connectivity index (χ1n) is 6.44. The summed E-state index contributed by atoms with van der Waals surface area (Å²) in [5.74, 6) is -0.297. The van der Waals surface area contributed by atoms with Crippen LogP contribution in [0.15, 0.2) is 48.5 Å². The van der Waals surface area contributed by atoms with Crippen LogP contribution >= 0.6 is 11.6 Å². The second kappa shape index (κ2) is 6.84. The van der Waals surface area contributed by atoms with E-state index in [-0.39, 0.29) is 18.0 Å². The van der Waals surface area contributed by atoms with Crippen molar-refractivity contribution >= 4 is 11.6 Å². The van der Waals surface area contributed by atoms with E-state index in [1.165, 1.54) is 12.1 Å². The highest BCUT2D eigenvalue weighted by Crippen LogP contribution is 2.24. The molecule has 0 spiro atoms. The molecular weight excluding hydrogens is 277 g/mol. The molecule has 0 heterocycles. The van der Waals surface area contributed by atoms with Gasteiger partial charge < -0.3 is 10.5 Å². The van der Waals surface area contributed by atoms with Gasteiger partial charge in [0, 0.05) is 11.1 Å². The van der Waals surface area contributed by atoms with Gasteiger partial charge >= 0.3 is 0 Å². The highest BCUT2D eigenvalue weighted by molar-refractivity contribution is 6.31. The van der Waals surface area contributed by atoms with Crippen molar-refractivity contribution < 1.29 is 9.13 Å². The molecule has 0 bridgehead atoms. The monoisotopic (exact) mass is 293 g/mol. The quantitative estimate of drug-likeness (QED) is 0.901. The lowest BCUT2D eigenvalue weighted by Gasteiger charge is -2.22. The van der Waals surface area contributed by atoms with E-state index in [1.807, 2.05) is 37.3 Å². The van der Waals surface area contributed by atoms with E-state index >= 15 is 0 Å². The minimum absolute atomic E-state index is 0.251. The largest absolute Gasteiger partial charge is 0.367 e. The van der Waals surface area contributed by atoms with Crippen LogP contribution in [-0.2, 0) is 11.3 Å². The first kappa shape index (κ1) is 15.0. The van der Waals surface area contributed by atoms with Crippen LogP contribution in [0.2, 0.25) is 5.02 Å². The topological polar surface area (TPSA) is 35.2 Å². The highest BCUT2D eigenvalue weighted by atomic mass is 35.5. The summed E-state index contributed by atoms with van der Waals surface area (Å²) in [5, 5.41) is 0.648. The molecule has 0 aliphatic carbocycles. The lowest BCUT2D eigenvalue weighted by Crippen LogP contribution is -2.27. The highest BCUT2D eigenvalue weighted by Gasteiger charge is 2.18. The van der Waals surface area contributed by atoms with Crippen LogP contribution < -0.4 is 5.73 Å². The number of hydrogen-bond acceptors (Lipinski definition) is 2. The summed E-state index contributed by atoms with van der Waals surface area (Å²) in [7, 11) is 0. The minimum Gasteiger partial charge on any atom is -0.367 e. The lowest BCUT2D eigenvalue weighted by molar-refractivity contribution is 0.0257. The van der Waals surface area contributed by atoms with Crippen molar-refractivity contribution in [3.63, 3.8) is 0 Å². The van der Waals surface area contributed by atoms with Crippen LogP contribution in [0.3, 0.4) is 0 Å². The van der Waals surface area contributed by atoms with Gasteiger partial charge in [0.15, 0.2) is 0 Å². The number of hydrogen-bond donors (Lipinski definition) is 1. The van der Waals surface area contributed by atoms with E-state index < -0.39 is 0 Å². The summed E-state index contributed by atoms with van der Waals surface area (Å²) in [6.45, 7) is 2.17. The van der Waals surface area contributed by atoms with E-state index in [4.69, 9.17) is 22.1 Å². The predicted molar refractivity (Wildman–Crippen MR) is 79.0 cm³/mol. The van der Waals surface area contributed by atoms with E-state index in [9.17, 15) is 4.39 Å². The molecule has 0 radical (unpaired) electrons. The fraction of sp³-hybridized carbons (Fsp3) is 0.250. The molecule has 2 atom stereocenters. The van der Waals surface area contributed by atoms with Crippen LogP contribution in [0.4, 0.5) is 4.39 Å². The number of halogens is 2. The van der Waals surface area contributed by atoms with Crippen molar-refractivity contribution in [3.05, 3.63) is 70.5 Å². The Balaban J connectivity index is 2.13. The normalized spacial score (nSPS) is 14.0. The second-order valence-electron chi connectivity index (χ2n) is 4.74. The third kappa shape index (κ3) is 3.79. The van der Waals surface area contributed by atoms with Crippen LogP contribution in [-0.4, -0.2) is 6.04 Å². The molecule has 2 N–H and O–H groups in total. The molecule has 0 aliphatic rings. The average Bonchev–Trinajstić information content (AvgIpc) is 2.41. The second-order valence-corrected chi connectivity index (χ2v) is 5.14. The van der Waals surface area contributed by atoms with Gasteiger partial charge in [0.1, 0.15) is 5.82 Å². The van der Waals surface area contributed by atoms with Gasteiger partial charge in [-0.15, -0.1) is 0 Å². The van der Waals surface area contributed by atoms with Crippen molar-refractivity contribution in [2.75, 3.05) is 0 Å². The third-order valence-electron chi connectivity index (χ3n) is 3.03. The fourth-order valence-corrected chi connectivity index (χ4v) is 2.22. The van der Waals surface area contributed by atoms with E-state index in [0.29, 0.717) is 11.6 Å². The molecule has 106 valence electrons. The lowest BCUT2D eigenvalue weighted by atomic mass is 10.0. The molecule has 2 unspecified atom stereocenters. The number of benzene rings is 2. The first-order valence-corrected chi connectivity index (χ1v) is 6.82. The van der Waals surface area contributed by atoms with E-state index in [1.54, 1.807) is 6.07 Å². The van der Waals surface area contributed by atoms with Crippen LogP contribution in [0, 0.1) is 5.82 Å². The molecule has 0 saturated carbocycles. The van der Waals surface area contributed by atoms with Gasteiger partial charge in [-0.25, -0.2) is 4.39 Å². The van der Waals surface area contributed by atoms with Crippen molar-refractivity contribution in [1.29, 1.82) is 0 Å². The fourth-order valence-electron chi connectivity index (χ4n) is 2.03. The van der Waals surface area contributed by atoms with Crippen molar-refractivity contribution in [1.82, 2.24) is 0 Å². The maximum atomic E-state index is 13.3. The van der Waals surface area contributed by atoms with Gasteiger partial charge in [-0.3, -0.25) is 0 Å². The molecule has 0 fully saturated rings. The van der Waals surface area contributed by atoms with Crippen LogP contribution in [0.1, 0.15) is 24.2 Å². The number of rotatable bonds is 5. The van der Waals surface area contributed by atoms with Crippen molar-refractivity contribution in [2.24, 2.45) is 5.73 Å². The Labute approximate surface area is 123 Å². The molecule has 0 saturated heterocycles. The average molecular weight is 294 g/mol. The molecule has 20 heavy (non-hydrogen) atoms. The van der Waals surface area contributed by atoms with Crippen LogP contribution in [0.25, 0.3) is 0 Å². The predicted octanol–water partition coefficient (Wildman–Crippen LogP) is 4.08. The molecule has 2 rings (SSSR count). The van der Waals surface area contributed by atoms with Gasteiger partial charge in [0.25, 0.3) is 0 Å². The van der Waals surface area contributed by atoms with Gasteiger partial charge in [-0.05, 0) is 36.2 Å². The number of ether oxygens (including phenoxy) is 1. The molecule has 4 heteroatoms. The van der Waals surface area contributed by atoms with Gasteiger partial charge in [-0.1, -0.05) is 41.9 Å². The SMILES string of the molecule is CC(N)C(OCc1ccccc1Cl)c1cccc(F)c1. The van der Waals surface area contributed by atoms with Crippen LogP contribution in [0.5, 0.6) is 0 Å². The van der Waals surface area contributed by atoms with E-state index in [0.717, 1.165) is 11.1 Å². The molecule has 0 amide bonds. The Bertz CT molecular complexity index is 574. The summed E-state index contributed by atoms with van der Waals surface area (Å²) >= 11 is 6.09. The zero-order valence-electron chi connectivity index (χ0n) is 11.2. The maximum absolute atomic E-state index is 13.3. The zero-order valence-corrected chi connectivity index (χ0v) is 12.0. The third-order valence-corrected chi connectivity index (χ3v) is 3.40. The smallest absolute Gasteiger partial charge is 0.123 e. The van der Waals surface area contributed by atoms with Gasteiger partial charge in [0.2, 0.25) is 0 Å². The summed E-state index contributed by atoms with van der Waals surface area (Å²) in [5.41, 5.74) is 7.55. The standard InChI is InChI=1S/C16H17ClFNO/c1-11(19)16(12-6-4-7-14(18)9-12)20-10-13-5-2-3-8-15(13)17/h2-9,11,16H,10,19H2,1H3. The Morgan fingerprint density at radius 1 is 1.20 bits per heavy atom. The van der Waals surface area contributed by atoms with Crippen molar-refractivity contribution in [2.45, 2.75) is 25.7 Å². The minimum atomic E-state index is -0.373. The first-order chi connectivity index (χ1) is 9.58.